The molecule has 2 heterocycles. The molecule has 0 aliphatic heterocycles. The maximum atomic E-state index is 13.4. The number of pyridine rings is 1. The zero-order valence-electron chi connectivity index (χ0n) is 32.7. The first-order valence-corrected chi connectivity index (χ1v) is 18.1. The fraction of sp³-hybridized carbons (Fsp3) is 0.474. The number of hydrogen-bond acceptors (Lipinski definition) is 11. The first kappa shape index (κ1) is 44.2. The van der Waals surface area contributed by atoms with Crippen molar-refractivity contribution >= 4 is 52.6 Å². The number of nitrogens with two attached hydrogens (primary N) is 1. The fourth-order valence-electron chi connectivity index (χ4n) is 5.21. The standard InChI is InChI=1S/C38H52N8O10/c1-22(2)30(45-37(53)56-38(5,6)7)33(49)44-31(23(3)4)35(51)54-19-20-55-36(52)43-26(15-10-11-17-28(39)47)32(48)42-27-16-12-18-46(34(27)50)21-29-40-24-13-8-9-14-25(24)41-29/h8-9,11-14,16-18,22-23,26,30-31H,10,15,19-21H2,1-7H3,(H2,39,47)(H,40,41)(H,42,48)(H,43,52)(H,44,49)(H,45,53)/b17-11+. The highest BCUT2D eigenvalue weighted by molar-refractivity contribution is 5.96. The van der Waals surface area contributed by atoms with E-state index in [1.54, 1.807) is 60.7 Å². The van der Waals surface area contributed by atoms with Gasteiger partial charge in [-0.05, 0) is 75.8 Å². The Labute approximate surface area is 324 Å². The Kier molecular flexibility index (Phi) is 16.2. The number of aromatic nitrogens is 3. The smallest absolute Gasteiger partial charge is 0.408 e. The van der Waals surface area contributed by atoms with Gasteiger partial charge in [-0.25, -0.2) is 19.4 Å². The molecule has 0 fully saturated rings. The van der Waals surface area contributed by atoms with Crippen molar-refractivity contribution in [2.24, 2.45) is 17.6 Å². The summed E-state index contributed by atoms with van der Waals surface area (Å²) in [5, 5.41) is 10.1. The summed E-state index contributed by atoms with van der Waals surface area (Å²) < 4.78 is 17.0. The molecule has 0 radical (unpaired) electrons. The van der Waals surface area contributed by atoms with Gasteiger partial charge in [0.15, 0.2) is 0 Å². The molecular formula is C38H52N8O10. The summed E-state index contributed by atoms with van der Waals surface area (Å²) in [7, 11) is 0. The van der Waals surface area contributed by atoms with E-state index in [1.807, 2.05) is 24.3 Å². The predicted molar refractivity (Wildman–Crippen MR) is 206 cm³/mol. The third-order valence-electron chi connectivity index (χ3n) is 7.95. The van der Waals surface area contributed by atoms with E-state index in [0.29, 0.717) is 5.82 Å². The Morgan fingerprint density at radius 3 is 2.20 bits per heavy atom. The lowest BCUT2D eigenvalue weighted by atomic mass is 10.0. The van der Waals surface area contributed by atoms with Crippen molar-refractivity contribution in [1.29, 1.82) is 0 Å². The number of rotatable bonds is 18. The van der Waals surface area contributed by atoms with Crippen LogP contribution in [0.1, 0.15) is 67.1 Å². The Bertz CT molecular complexity index is 1910. The van der Waals surface area contributed by atoms with Crippen LogP contribution in [-0.4, -0.2) is 87.4 Å². The average Bonchev–Trinajstić information content (AvgIpc) is 3.52. The summed E-state index contributed by atoms with van der Waals surface area (Å²) in [4.78, 5) is 96.6. The van der Waals surface area contributed by atoms with Crippen molar-refractivity contribution in [2.75, 3.05) is 18.5 Å². The van der Waals surface area contributed by atoms with Crippen LogP contribution in [0.2, 0.25) is 0 Å². The molecule has 0 spiro atoms. The summed E-state index contributed by atoms with van der Waals surface area (Å²) in [6.45, 7) is 11.2. The topological polar surface area (TPSA) is 255 Å². The number of imidazole rings is 1. The predicted octanol–water partition coefficient (Wildman–Crippen LogP) is 2.86. The zero-order chi connectivity index (χ0) is 41.6. The number of fused-ring (bicyclic) bond motifs is 1. The summed E-state index contributed by atoms with van der Waals surface area (Å²) in [5.41, 5.74) is 5.33. The van der Waals surface area contributed by atoms with Crippen LogP contribution in [0, 0.1) is 11.8 Å². The summed E-state index contributed by atoms with van der Waals surface area (Å²) in [6.07, 6.45) is 2.42. The maximum Gasteiger partial charge on any atom is 0.408 e. The van der Waals surface area contributed by atoms with Gasteiger partial charge in [0.05, 0.1) is 17.6 Å². The molecule has 3 unspecified atom stereocenters. The first-order chi connectivity index (χ1) is 26.3. The Morgan fingerprint density at radius 1 is 0.875 bits per heavy atom. The highest BCUT2D eigenvalue weighted by Gasteiger charge is 2.32. The number of nitrogens with zero attached hydrogens (tertiary/aromatic N) is 2. The molecule has 18 nitrogen and oxygen atoms in total. The number of allylic oxidation sites excluding steroid dienone is 1. The van der Waals surface area contributed by atoms with Crippen LogP contribution in [0.5, 0.6) is 0 Å². The summed E-state index contributed by atoms with van der Waals surface area (Å²) in [6, 6.07) is 7.06. The quantitative estimate of drug-likeness (QED) is 0.0474. The van der Waals surface area contributed by atoms with Gasteiger partial charge in [-0.15, -0.1) is 0 Å². The van der Waals surface area contributed by atoms with Crippen LogP contribution >= 0.6 is 0 Å². The summed E-state index contributed by atoms with van der Waals surface area (Å²) >= 11 is 0. The number of hydrogen-bond donors (Lipinski definition) is 6. The number of amides is 5. The van der Waals surface area contributed by atoms with Crippen LogP contribution in [0.3, 0.4) is 0 Å². The number of aromatic amines is 1. The number of anilines is 1. The number of primary amides is 1. The van der Waals surface area contributed by atoms with Gasteiger partial charge in [0, 0.05) is 6.20 Å². The van der Waals surface area contributed by atoms with E-state index >= 15 is 0 Å². The number of H-pyrrole nitrogens is 1. The molecule has 3 atom stereocenters. The van der Waals surface area contributed by atoms with Gasteiger partial charge in [-0.2, -0.15) is 0 Å². The minimum atomic E-state index is -1.23. The van der Waals surface area contributed by atoms with E-state index in [2.05, 4.69) is 31.2 Å². The van der Waals surface area contributed by atoms with Crippen molar-refractivity contribution in [3.05, 3.63) is 70.9 Å². The lowest BCUT2D eigenvalue weighted by molar-refractivity contribution is -0.150. The summed E-state index contributed by atoms with van der Waals surface area (Å²) in [5.74, 6) is -3.08. The van der Waals surface area contributed by atoms with Crippen molar-refractivity contribution in [3.63, 3.8) is 0 Å². The second-order valence-electron chi connectivity index (χ2n) is 14.5. The number of alkyl carbamates (subject to hydrolysis) is 2. The van der Waals surface area contributed by atoms with E-state index < -0.39 is 77.7 Å². The Balaban J connectivity index is 1.59. The number of carbonyl (C=O) groups excluding carboxylic acids is 6. The highest BCUT2D eigenvalue weighted by Crippen LogP contribution is 2.13. The molecule has 3 rings (SSSR count). The van der Waals surface area contributed by atoms with Crippen LogP contribution in [0.15, 0.2) is 59.5 Å². The molecule has 56 heavy (non-hydrogen) atoms. The van der Waals surface area contributed by atoms with E-state index in [-0.39, 0.29) is 37.6 Å². The second kappa shape index (κ2) is 20.5. The number of nitrogens with one attached hydrogen (secondary N) is 5. The van der Waals surface area contributed by atoms with Gasteiger partial charge in [0.2, 0.25) is 17.7 Å². The minimum Gasteiger partial charge on any atom is -0.461 e. The largest absolute Gasteiger partial charge is 0.461 e. The van der Waals surface area contributed by atoms with Crippen molar-refractivity contribution in [2.45, 2.75) is 91.6 Å². The van der Waals surface area contributed by atoms with Gasteiger partial charge in [0.25, 0.3) is 5.56 Å². The molecule has 3 aromatic rings. The number of ether oxygens (including phenoxy) is 3. The lowest BCUT2D eigenvalue weighted by Crippen LogP contribution is -2.55. The minimum absolute atomic E-state index is 0.00434. The van der Waals surface area contributed by atoms with Gasteiger partial charge in [-0.1, -0.05) is 45.9 Å². The molecule has 304 valence electrons. The molecule has 1 aromatic carbocycles. The van der Waals surface area contributed by atoms with Gasteiger partial charge >= 0.3 is 18.2 Å². The third-order valence-corrected chi connectivity index (χ3v) is 7.95. The molecule has 0 saturated heterocycles. The second-order valence-corrected chi connectivity index (χ2v) is 14.5. The van der Waals surface area contributed by atoms with Crippen molar-refractivity contribution in [3.8, 4) is 0 Å². The van der Waals surface area contributed by atoms with E-state index in [9.17, 15) is 33.6 Å². The fourth-order valence-corrected chi connectivity index (χ4v) is 5.21. The number of carbonyl (C=O) groups is 6. The van der Waals surface area contributed by atoms with E-state index in [0.717, 1.165) is 17.1 Å². The Morgan fingerprint density at radius 2 is 1.55 bits per heavy atom. The first-order valence-electron chi connectivity index (χ1n) is 18.1. The molecule has 0 bridgehead atoms. The highest BCUT2D eigenvalue weighted by atomic mass is 16.6. The zero-order valence-corrected chi connectivity index (χ0v) is 32.7. The van der Waals surface area contributed by atoms with Crippen LogP contribution < -0.4 is 32.6 Å². The molecular weight excluding hydrogens is 728 g/mol. The third kappa shape index (κ3) is 14.2. The number of benzene rings is 1. The molecule has 18 heteroatoms. The lowest BCUT2D eigenvalue weighted by Gasteiger charge is -2.27. The molecule has 0 aliphatic rings. The van der Waals surface area contributed by atoms with E-state index in [1.165, 1.54) is 16.7 Å². The van der Waals surface area contributed by atoms with Crippen LogP contribution in [-0.2, 0) is 39.9 Å². The SMILES string of the molecule is CC(C)C(NC(=O)OC(C)(C)C)C(=O)NC(C(=O)OCCOC(=O)NC(CC/C=C/C(N)=O)C(=O)Nc1cccn(Cc2nc3ccccc3[nH]2)c1=O)C(C)C. The van der Waals surface area contributed by atoms with Crippen molar-refractivity contribution in [1.82, 2.24) is 30.5 Å². The number of para-hydroxylation sites is 2. The van der Waals surface area contributed by atoms with Crippen LogP contribution in [0.4, 0.5) is 15.3 Å². The van der Waals surface area contributed by atoms with Crippen LogP contribution in [0.25, 0.3) is 11.0 Å². The normalized spacial score (nSPS) is 13.2. The molecule has 2 aromatic heterocycles. The molecule has 0 aliphatic carbocycles. The molecule has 7 N–H and O–H groups in total. The van der Waals surface area contributed by atoms with E-state index in [4.69, 9.17) is 19.9 Å². The van der Waals surface area contributed by atoms with Crippen molar-refractivity contribution < 1.29 is 43.0 Å². The van der Waals surface area contributed by atoms with Gasteiger partial charge in [-0.3, -0.25) is 19.2 Å². The maximum absolute atomic E-state index is 13.4. The molecule has 5 amide bonds. The monoisotopic (exact) mass is 780 g/mol. The number of esters is 1. The van der Waals surface area contributed by atoms with Gasteiger partial charge in [0.1, 0.15) is 48.5 Å². The molecule has 0 saturated carbocycles. The Hall–Kier alpha value is -6.20. The van der Waals surface area contributed by atoms with Gasteiger partial charge < -0.3 is 50.8 Å². The average molecular weight is 781 g/mol.